The van der Waals surface area contributed by atoms with Gasteiger partial charge in [0, 0.05) is 18.4 Å². The third-order valence-electron chi connectivity index (χ3n) is 7.28. The fraction of sp³-hybridized carbons (Fsp3) is 0.333. The lowest BCUT2D eigenvalue weighted by Gasteiger charge is -2.37. The zero-order chi connectivity index (χ0) is 28.0. The summed E-state index contributed by atoms with van der Waals surface area (Å²) in [6, 6.07) is 13.0. The van der Waals surface area contributed by atoms with E-state index in [1.807, 2.05) is 42.5 Å². The maximum atomic E-state index is 13.7. The predicted octanol–water partition coefficient (Wildman–Crippen LogP) is 4.90. The number of nitrogens with zero attached hydrogens (tertiary/aromatic N) is 4. The van der Waals surface area contributed by atoms with Crippen LogP contribution in [0.4, 0.5) is 0 Å². The molecular weight excluding hydrogens is 512 g/mol. The molecule has 10 heteroatoms. The second-order valence-corrected chi connectivity index (χ2v) is 10.7. The number of methoxy groups -OCH3 is 3. The Labute approximate surface area is 231 Å². The van der Waals surface area contributed by atoms with Crippen LogP contribution in [0.3, 0.4) is 0 Å². The zero-order valence-corrected chi connectivity index (χ0v) is 23.1. The number of fused-ring (bicyclic) bond motifs is 3. The summed E-state index contributed by atoms with van der Waals surface area (Å²) in [5, 5.41) is 4.60. The SMILES string of the molecule is COc1ccc(OCc2nc3c4c(ncn3n2)OC2=C(C(=O)CC(C)(C)C2)[C@H]4c2ccc(OC)c(OC)c2)cc1. The number of ether oxygens (including phenoxy) is 5. The van der Waals surface area contributed by atoms with Gasteiger partial charge < -0.3 is 23.7 Å². The fourth-order valence-corrected chi connectivity index (χ4v) is 5.44. The number of hydrogen-bond acceptors (Lipinski definition) is 9. The van der Waals surface area contributed by atoms with Crippen molar-refractivity contribution in [1.82, 2.24) is 19.6 Å². The lowest BCUT2D eigenvalue weighted by atomic mass is 9.70. The maximum Gasteiger partial charge on any atom is 0.228 e. The molecular formula is C30H30N4O6. The Hall–Kier alpha value is -4.60. The van der Waals surface area contributed by atoms with Crippen LogP contribution >= 0.6 is 0 Å². The molecule has 0 N–H and O–H groups in total. The van der Waals surface area contributed by atoms with E-state index in [2.05, 4.69) is 23.9 Å². The summed E-state index contributed by atoms with van der Waals surface area (Å²) in [7, 11) is 4.80. The van der Waals surface area contributed by atoms with Crippen molar-refractivity contribution >= 4 is 11.4 Å². The molecule has 0 radical (unpaired) electrons. The van der Waals surface area contributed by atoms with Gasteiger partial charge in [-0.2, -0.15) is 0 Å². The van der Waals surface area contributed by atoms with Crippen molar-refractivity contribution in [3.63, 3.8) is 0 Å². The van der Waals surface area contributed by atoms with Gasteiger partial charge in [-0.3, -0.25) is 4.79 Å². The first-order valence-electron chi connectivity index (χ1n) is 13.0. The van der Waals surface area contributed by atoms with E-state index in [-0.39, 0.29) is 17.8 Å². The summed E-state index contributed by atoms with van der Waals surface area (Å²) in [5.41, 5.74) is 2.46. The number of carbonyl (C=O) groups excluding carboxylic acids is 1. The molecule has 0 spiro atoms. The van der Waals surface area contributed by atoms with Gasteiger partial charge in [-0.15, -0.1) is 5.10 Å². The minimum Gasteiger partial charge on any atom is -0.497 e. The van der Waals surface area contributed by atoms with E-state index in [1.165, 1.54) is 0 Å². The van der Waals surface area contributed by atoms with Crippen LogP contribution in [0.15, 0.2) is 60.1 Å². The molecule has 1 aliphatic carbocycles. The minimum absolute atomic E-state index is 0.0428. The molecule has 6 rings (SSSR count). The average Bonchev–Trinajstić information content (AvgIpc) is 3.37. The number of hydrogen-bond donors (Lipinski definition) is 0. The smallest absolute Gasteiger partial charge is 0.228 e. The summed E-state index contributed by atoms with van der Waals surface area (Å²) in [5.74, 6) is 3.66. The van der Waals surface area contributed by atoms with Gasteiger partial charge >= 0.3 is 0 Å². The van der Waals surface area contributed by atoms with Crippen LogP contribution in [0.1, 0.15) is 49.6 Å². The highest BCUT2D eigenvalue weighted by molar-refractivity contribution is 6.00. The first-order chi connectivity index (χ1) is 19.3. The predicted molar refractivity (Wildman–Crippen MR) is 145 cm³/mol. The van der Waals surface area contributed by atoms with E-state index in [4.69, 9.17) is 28.7 Å². The Morgan fingerprint density at radius 1 is 0.975 bits per heavy atom. The van der Waals surface area contributed by atoms with Gasteiger partial charge in [0.1, 0.15) is 30.2 Å². The number of rotatable bonds is 7. The lowest BCUT2D eigenvalue weighted by Crippen LogP contribution is -2.33. The van der Waals surface area contributed by atoms with Gasteiger partial charge in [0.15, 0.2) is 28.8 Å². The van der Waals surface area contributed by atoms with E-state index in [1.54, 1.807) is 32.2 Å². The Bertz CT molecular complexity index is 1640. The highest BCUT2D eigenvalue weighted by Gasteiger charge is 2.44. The van der Waals surface area contributed by atoms with Gasteiger partial charge in [-0.25, -0.2) is 14.5 Å². The normalized spacial score (nSPS) is 17.6. The molecule has 0 fully saturated rings. The maximum absolute atomic E-state index is 13.7. The molecule has 0 bridgehead atoms. The second-order valence-electron chi connectivity index (χ2n) is 10.7. The van der Waals surface area contributed by atoms with E-state index in [9.17, 15) is 4.79 Å². The summed E-state index contributed by atoms with van der Waals surface area (Å²) in [4.78, 5) is 23.1. The molecule has 10 nitrogen and oxygen atoms in total. The first-order valence-corrected chi connectivity index (χ1v) is 13.0. The van der Waals surface area contributed by atoms with Gasteiger partial charge in [-0.05, 0) is 47.4 Å². The van der Waals surface area contributed by atoms with Crippen LogP contribution in [0.25, 0.3) is 5.65 Å². The summed E-state index contributed by atoms with van der Waals surface area (Å²) in [6.07, 6.45) is 2.61. The van der Waals surface area contributed by atoms with Crippen LogP contribution in [0, 0.1) is 5.41 Å². The van der Waals surface area contributed by atoms with Crippen molar-refractivity contribution in [1.29, 1.82) is 0 Å². The molecule has 3 heterocycles. The summed E-state index contributed by atoms with van der Waals surface area (Å²) >= 11 is 0. The van der Waals surface area contributed by atoms with Crippen LogP contribution in [0.2, 0.25) is 0 Å². The molecule has 4 aromatic rings. The Kier molecular flexibility index (Phi) is 6.32. The van der Waals surface area contributed by atoms with Crippen LogP contribution in [-0.4, -0.2) is 46.7 Å². The zero-order valence-electron chi connectivity index (χ0n) is 23.1. The monoisotopic (exact) mass is 542 g/mol. The van der Waals surface area contributed by atoms with Gasteiger partial charge in [0.05, 0.1) is 32.8 Å². The molecule has 2 aliphatic rings. The highest BCUT2D eigenvalue weighted by Crippen LogP contribution is 2.51. The number of carbonyl (C=O) groups is 1. The van der Waals surface area contributed by atoms with Crippen LogP contribution < -0.4 is 23.7 Å². The second kappa shape index (κ2) is 9.86. The third kappa shape index (κ3) is 4.49. The largest absolute Gasteiger partial charge is 0.497 e. The van der Waals surface area contributed by atoms with Gasteiger partial charge in [-0.1, -0.05) is 19.9 Å². The molecule has 2 aromatic heterocycles. The number of benzene rings is 2. The Morgan fingerprint density at radius 2 is 1.73 bits per heavy atom. The number of aromatic nitrogens is 4. The molecule has 40 heavy (non-hydrogen) atoms. The molecule has 0 saturated heterocycles. The molecule has 1 atom stereocenters. The van der Waals surface area contributed by atoms with Crippen molar-refractivity contribution in [3.05, 3.63) is 77.1 Å². The topological polar surface area (TPSA) is 106 Å². The lowest BCUT2D eigenvalue weighted by molar-refractivity contribution is -0.118. The molecule has 0 saturated carbocycles. The van der Waals surface area contributed by atoms with Gasteiger partial charge in [0.2, 0.25) is 5.88 Å². The van der Waals surface area contributed by atoms with Crippen molar-refractivity contribution in [2.45, 2.75) is 39.2 Å². The van der Waals surface area contributed by atoms with Crippen molar-refractivity contribution in [3.8, 4) is 28.9 Å². The van der Waals surface area contributed by atoms with Gasteiger partial charge in [0.25, 0.3) is 0 Å². The van der Waals surface area contributed by atoms with E-state index in [0.29, 0.717) is 64.3 Å². The standard InChI is InChI=1S/C30H30N4O6/c1-30(2)13-20(35)26-23(14-30)40-29-27(25(26)17-6-11-21(37-4)22(12-17)38-5)28-32-24(33-34(28)16-31-29)15-39-19-9-7-18(36-3)8-10-19/h6-12,16,25H,13-15H2,1-5H3/t25-/m1/s1. The molecule has 1 aliphatic heterocycles. The summed E-state index contributed by atoms with van der Waals surface area (Å²) < 4.78 is 30.1. The van der Waals surface area contributed by atoms with E-state index >= 15 is 0 Å². The van der Waals surface area contributed by atoms with E-state index in [0.717, 1.165) is 11.3 Å². The number of ketones is 1. The molecule has 0 unspecified atom stereocenters. The highest BCUT2D eigenvalue weighted by atomic mass is 16.5. The first kappa shape index (κ1) is 25.7. The number of allylic oxidation sites excluding steroid dienone is 2. The minimum atomic E-state index is -0.474. The van der Waals surface area contributed by atoms with Crippen molar-refractivity contribution < 1.29 is 28.5 Å². The average molecular weight is 543 g/mol. The Morgan fingerprint density at radius 3 is 2.45 bits per heavy atom. The fourth-order valence-electron chi connectivity index (χ4n) is 5.44. The third-order valence-corrected chi connectivity index (χ3v) is 7.28. The van der Waals surface area contributed by atoms with Crippen molar-refractivity contribution in [2.75, 3.05) is 21.3 Å². The molecule has 2 aromatic carbocycles. The summed E-state index contributed by atoms with van der Waals surface area (Å²) in [6.45, 7) is 4.29. The van der Waals surface area contributed by atoms with E-state index < -0.39 is 5.92 Å². The number of Topliss-reactive ketones (excluding diaryl/α,β-unsaturated/α-hetero) is 1. The molecule has 206 valence electrons. The quantitative estimate of drug-likeness (QED) is 0.322. The van der Waals surface area contributed by atoms with Crippen LogP contribution in [-0.2, 0) is 11.4 Å². The van der Waals surface area contributed by atoms with Crippen LogP contribution in [0.5, 0.6) is 28.9 Å². The Balaban J connectivity index is 1.45. The van der Waals surface area contributed by atoms with Crippen molar-refractivity contribution in [2.24, 2.45) is 5.41 Å². The molecule has 0 amide bonds.